The Balaban J connectivity index is 1.55. The largest absolute Gasteiger partial charge is 0.507 e. The summed E-state index contributed by atoms with van der Waals surface area (Å²) in [6.07, 6.45) is 3.28. The second kappa shape index (κ2) is 11.4. The summed E-state index contributed by atoms with van der Waals surface area (Å²) in [5.41, 5.74) is 4.72. The standard InChI is InChI=1S/C31H32ClN3O4/c1-4-5-6-15-39-23-13-9-21(10-14-23)30-27-28(24-17-25(32)19(2)16-26(24)36)33-34-29(27)31(37)35(30)18-20-7-11-22(38-3)12-8-20/h7-14,16-17,30,36H,4-6,15,18H2,1-3H3,(H,33,34). The number of unbranched alkanes of at least 4 members (excludes halogenated alkanes) is 2. The van der Waals surface area contributed by atoms with Crippen LogP contribution in [-0.4, -0.2) is 39.8 Å². The van der Waals surface area contributed by atoms with Crippen molar-refractivity contribution in [3.63, 3.8) is 0 Å². The molecule has 0 spiro atoms. The van der Waals surface area contributed by atoms with E-state index in [2.05, 4.69) is 17.1 Å². The molecule has 7 nitrogen and oxygen atoms in total. The topological polar surface area (TPSA) is 87.7 Å². The van der Waals surface area contributed by atoms with Crippen LogP contribution in [0.4, 0.5) is 0 Å². The average molecular weight is 546 g/mol. The molecule has 5 rings (SSSR count). The van der Waals surface area contributed by atoms with Gasteiger partial charge in [-0.1, -0.05) is 55.6 Å². The first-order valence-corrected chi connectivity index (χ1v) is 13.5. The number of carbonyl (C=O) groups excluding carboxylic acids is 1. The number of carbonyl (C=O) groups is 1. The predicted octanol–water partition coefficient (Wildman–Crippen LogP) is 7.07. The molecule has 1 aromatic heterocycles. The van der Waals surface area contributed by atoms with E-state index in [9.17, 15) is 9.90 Å². The van der Waals surface area contributed by atoms with Crippen molar-refractivity contribution in [2.75, 3.05) is 13.7 Å². The van der Waals surface area contributed by atoms with Gasteiger partial charge in [0.15, 0.2) is 0 Å². The van der Waals surface area contributed by atoms with Crippen molar-refractivity contribution in [2.24, 2.45) is 0 Å². The Morgan fingerprint density at radius 3 is 2.46 bits per heavy atom. The SMILES string of the molecule is CCCCCOc1ccc(C2c3c(-c4cc(Cl)c(C)cc4O)n[nH]c3C(=O)N2Cc2ccc(OC)cc2)cc1. The number of aromatic hydroxyl groups is 1. The zero-order valence-electron chi connectivity index (χ0n) is 22.3. The summed E-state index contributed by atoms with van der Waals surface area (Å²) in [6, 6.07) is 18.4. The van der Waals surface area contributed by atoms with E-state index in [1.54, 1.807) is 19.2 Å². The van der Waals surface area contributed by atoms with E-state index in [0.717, 1.165) is 47.5 Å². The van der Waals surface area contributed by atoms with Gasteiger partial charge < -0.3 is 19.5 Å². The van der Waals surface area contributed by atoms with Crippen molar-refractivity contribution in [1.29, 1.82) is 0 Å². The van der Waals surface area contributed by atoms with Crippen LogP contribution in [0.1, 0.15) is 65.0 Å². The first-order valence-electron chi connectivity index (χ1n) is 13.2. The molecule has 2 N–H and O–H groups in total. The molecule has 39 heavy (non-hydrogen) atoms. The molecule has 4 aromatic rings. The second-order valence-corrected chi connectivity index (χ2v) is 10.2. The first kappa shape index (κ1) is 26.6. The number of benzene rings is 3. The average Bonchev–Trinajstić information content (AvgIpc) is 3.48. The van der Waals surface area contributed by atoms with E-state index in [-0.39, 0.29) is 11.7 Å². The zero-order chi connectivity index (χ0) is 27.5. The van der Waals surface area contributed by atoms with Crippen molar-refractivity contribution < 1.29 is 19.4 Å². The third-order valence-electron chi connectivity index (χ3n) is 7.12. The number of aromatic nitrogens is 2. The molecule has 0 saturated heterocycles. The Hall–Kier alpha value is -3.97. The summed E-state index contributed by atoms with van der Waals surface area (Å²) in [4.78, 5) is 15.6. The Morgan fingerprint density at radius 2 is 1.77 bits per heavy atom. The van der Waals surface area contributed by atoms with E-state index < -0.39 is 6.04 Å². The van der Waals surface area contributed by atoms with Gasteiger partial charge in [0.2, 0.25) is 0 Å². The molecule has 0 aliphatic carbocycles. The van der Waals surface area contributed by atoms with Crippen molar-refractivity contribution in [1.82, 2.24) is 15.1 Å². The molecule has 1 amide bonds. The maximum atomic E-state index is 13.7. The van der Waals surface area contributed by atoms with E-state index in [1.807, 2.05) is 60.4 Å². The normalized spacial score (nSPS) is 14.5. The molecule has 2 heterocycles. The molecular weight excluding hydrogens is 514 g/mol. The second-order valence-electron chi connectivity index (χ2n) is 9.79. The number of methoxy groups -OCH3 is 1. The predicted molar refractivity (Wildman–Crippen MR) is 152 cm³/mol. The van der Waals surface area contributed by atoms with Crippen LogP contribution in [0.5, 0.6) is 17.2 Å². The van der Waals surface area contributed by atoms with Crippen molar-refractivity contribution in [2.45, 2.75) is 45.7 Å². The number of H-pyrrole nitrogens is 1. The molecular formula is C31H32ClN3O4. The number of nitrogens with zero attached hydrogens (tertiary/aromatic N) is 2. The molecule has 1 aliphatic heterocycles. The minimum atomic E-state index is -0.433. The van der Waals surface area contributed by atoms with Gasteiger partial charge in [0.25, 0.3) is 5.91 Å². The Bertz CT molecular complexity index is 1460. The fraction of sp³-hybridized carbons (Fsp3) is 0.290. The lowest BCUT2D eigenvalue weighted by Crippen LogP contribution is -2.29. The maximum absolute atomic E-state index is 13.7. The highest BCUT2D eigenvalue weighted by Gasteiger charge is 2.42. The van der Waals surface area contributed by atoms with Gasteiger partial charge in [-0.05, 0) is 66.4 Å². The van der Waals surface area contributed by atoms with Crippen LogP contribution in [0.25, 0.3) is 11.3 Å². The van der Waals surface area contributed by atoms with E-state index in [4.69, 9.17) is 21.1 Å². The summed E-state index contributed by atoms with van der Waals surface area (Å²) in [5, 5.41) is 18.7. The van der Waals surface area contributed by atoms with Crippen LogP contribution in [0.3, 0.4) is 0 Å². The molecule has 1 aliphatic rings. The third-order valence-corrected chi connectivity index (χ3v) is 7.53. The maximum Gasteiger partial charge on any atom is 0.273 e. The molecule has 0 fully saturated rings. The Morgan fingerprint density at radius 1 is 1.05 bits per heavy atom. The molecule has 0 radical (unpaired) electrons. The van der Waals surface area contributed by atoms with Gasteiger partial charge in [0.1, 0.15) is 28.6 Å². The van der Waals surface area contributed by atoms with Crippen LogP contribution in [0.15, 0.2) is 60.7 Å². The Labute approximate surface area is 233 Å². The summed E-state index contributed by atoms with van der Waals surface area (Å²) < 4.78 is 11.2. The highest BCUT2D eigenvalue weighted by molar-refractivity contribution is 6.31. The van der Waals surface area contributed by atoms with Gasteiger partial charge in [-0.25, -0.2) is 0 Å². The monoisotopic (exact) mass is 545 g/mol. The molecule has 1 unspecified atom stereocenters. The van der Waals surface area contributed by atoms with Gasteiger partial charge in [-0.3, -0.25) is 9.89 Å². The molecule has 8 heteroatoms. The van der Waals surface area contributed by atoms with E-state index in [0.29, 0.717) is 40.7 Å². The smallest absolute Gasteiger partial charge is 0.273 e. The van der Waals surface area contributed by atoms with E-state index in [1.165, 1.54) is 0 Å². The number of nitrogens with one attached hydrogen (secondary N) is 1. The van der Waals surface area contributed by atoms with Crippen molar-refractivity contribution >= 4 is 17.5 Å². The van der Waals surface area contributed by atoms with Gasteiger partial charge in [-0.15, -0.1) is 0 Å². The number of phenols is 1. The van der Waals surface area contributed by atoms with Crippen molar-refractivity contribution in [3.05, 3.63) is 93.6 Å². The first-order chi connectivity index (χ1) is 18.9. The third kappa shape index (κ3) is 5.32. The minimum absolute atomic E-state index is 0.0573. The number of ether oxygens (including phenoxy) is 2. The molecule has 0 saturated carbocycles. The number of aromatic amines is 1. The molecule has 0 bridgehead atoms. The van der Waals surface area contributed by atoms with Crippen molar-refractivity contribution in [3.8, 4) is 28.5 Å². The van der Waals surface area contributed by atoms with Crippen LogP contribution in [0.2, 0.25) is 5.02 Å². The number of phenolic OH excluding ortho intramolecular Hbond substituents is 1. The number of halogens is 1. The number of amides is 1. The Kier molecular flexibility index (Phi) is 7.79. The lowest BCUT2D eigenvalue weighted by atomic mass is 9.95. The highest BCUT2D eigenvalue weighted by Crippen LogP contribution is 2.46. The quantitative estimate of drug-likeness (QED) is 0.208. The summed E-state index contributed by atoms with van der Waals surface area (Å²) in [6.45, 7) is 5.04. The summed E-state index contributed by atoms with van der Waals surface area (Å²) in [5.74, 6) is 1.43. The lowest BCUT2D eigenvalue weighted by Gasteiger charge is -2.27. The van der Waals surface area contributed by atoms with Crippen LogP contribution in [-0.2, 0) is 6.54 Å². The molecule has 1 atom stereocenters. The fourth-order valence-electron chi connectivity index (χ4n) is 4.98. The molecule has 202 valence electrons. The van der Waals surface area contributed by atoms with Gasteiger partial charge in [0.05, 0.1) is 19.8 Å². The van der Waals surface area contributed by atoms with Crippen LogP contribution in [0, 0.1) is 6.92 Å². The van der Waals surface area contributed by atoms with E-state index >= 15 is 0 Å². The fourth-order valence-corrected chi connectivity index (χ4v) is 5.15. The van der Waals surface area contributed by atoms with Gasteiger partial charge in [0, 0.05) is 22.7 Å². The van der Waals surface area contributed by atoms with Gasteiger partial charge in [-0.2, -0.15) is 5.10 Å². The summed E-state index contributed by atoms with van der Waals surface area (Å²) >= 11 is 6.42. The number of hydrogen-bond acceptors (Lipinski definition) is 5. The number of rotatable bonds is 10. The van der Waals surface area contributed by atoms with Crippen LogP contribution >= 0.6 is 11.6 Å². The summed E-state index contributed by atoms with van der Waals surface area (Å²) in [7, 11) is 1.62. The highest BCUT2D eigenvalue weighted by atomic mass is 35.5. The zero-order valence-corrected chi connectivity index (χ0v) is 23.1. The number of aryl methyl sites for hydroxylation is 1. The van der Waals surface area contributed by atoms with Gasteiger partial charge >= 0.3 is 0 Å². The van der Waals surface area contributed by atoms with Crippen LogP contribution < -0.4 is 9.47 Å². The number of fused-ring (bicyclic) bond motifs is 1. The lowest BCUT2D eigenvalue weighted by molar-refractivity contribution is 0.0730. The minimum Gasteiger partial charge on any atom is -0.507 e. The number of hydrogen-bond donors (Lipinski definition) is 2. The molecule has 3 aromatic carbocycles.